The molecule has 5 N–H and O–H groups in total. The number of carbonyl (C=O) groups excluding carboxylic acids is 1. The predicted octanol–water partition coefficient (Wildman–Crippen LogP) is 2.52. The SMILES string of the molecule is C=CC(=O)NC1=CC2(C)C(C)=CN(c3nc(N/C(=C/N)C(C)=NCC(C)O)ncc3F)C2C=C1. The van der Waals surface area contributed by atoms with Crippen molar-refractivity contribution >= 4 is 23.4 Å². The first kappa shape index (κ1) is 24.8. The lowest BCUT2D eigenvalue weighted by molar-refractivity contribution is -0.115. The third-order valence-corrected chi connectivity index (χ3v) is 5.83. The lowest BCUT2D eigenvalue weighted by atomic mass is 9.75. The number of hydrogen-bond donors (Lipinski definition) is 4. The first-order valence-corrected chi connectivity index (χ1v) is 10.8. The van der Waals surface area contributed by atoms with E-state index >= 15 is 0 Å². The van der Waals surface area contributed by atoms with Crippen molar-refractivity contribution in [2.45, 2.75) is 39.8 Å². The lowest BCUT2D eigenvalue weighted by Crippen LogP contribution is -2.40. The number of aliphatic imine (C=N–C) groups is 1. The van der Waals surface area contributed by atoms with E-state index in [1.54, 1.807) is 24.8 Å². The summed E-state index contributed by atoms with van der Waals surface area (Å²) in [6, 6.07) is -0.256. The van der Waals surface area contributed by atoms with Crippen LogP contribution < -0.4 is 21.3 Å². The standard InChI is InChI=1S/C24H30FN7O2/c1-6-21(34)29-17-7-8-20-24(5,9-17)14(2)13-32(20)22-18(25)12-28-23(31-22)30-19(10-26)16(4)27-11-15(3)33/h6-10,12-13,15,20,33H,1,11,26H2,2-5H3,(H,29,34)(H,28,30,31)/b19-10+,27-16?. The molecule has 10 heteroatoms. The summed E-state index contributed by atoms with van der Waals surface area (Å²) in [6.07, 6.45) is 10.5. The summed E-state index contributed by atoms with van der Waals surface area (Å²) < 4.78 is 14.9. The molecule has 0 spiro atoms. The lowest BCUT2D eigenvalue weighted by Gasteiger charge is -2.36. The molecule has 3 atom stereocenters. The zero-order valence-electron chi connectivity index (χ0n) is 19.7. The minimum atomic E-state index is -0.592. The summed E-state index contributed by atoms with van der Waals surface area (Å²) >= 11 is 0. The average molecular weight is 468 g/mol. The Labute approximate surface area is 198 Å². The molecule has 3 rings (SSSR count). The van der Waals surface area contributed by atoms with Crippen LogP contribution in [-0.2, 0) is 4.79 Å². The number of allylic oxidation sites excluding steroid dienone is 2. The molecule has 9 nitrogen and oxygen atoms in total. The van der Waals surface area contributed by atoms with Gasteiger partial charge in [0.05, 0.1) is 36.3 Å². The van der Waals surface area contributed by atoms with Crippen molar-refractivity contribution in [1.29, 1.82) is 0 Å². The Kier molecular flexibility index (Phi) is 7.31. The minimum absolute atomic E-state index is 0.0946. The van der Waals surface area contributed by atoms with Gasteiger partial charge in [0.2, 0.25) is 11.9 Å². The van der Waals surface area contributed by atoms with E-state index in [-0.39, 0.29) is 30.3 Å². The van der Waals surface area contributed by atoms with Crippen LogP contribution in [0, 0.1) is 11.2 Å². The molecule has 2 aliphatic rings. The number of halogens is 1. The topological polar surface area (TPSA) is 129 Å². The fourth-order valence-electron chi connectivity index (χ4n) is 3.80. The number of nitrogens with one attached hydrogen (secondary N) is 2. The van der Waals surface area contributed by atoms with E-state index in [0.717, 1.165) is 11.8 Å². The molecule has 2 heterocycles. The molecule has 0 radical (unpaired) electrons. The molecule has 1 aromatic heterocycles. The first-order valence-electron chi connectivity index (χ1n) is 10.8. The van der Waals surface area contributed by atoms with Gasteiger partial charge in [-0.2, -0.15) is 4.98 Å². The summed E-state index contributed by atoms with van der Waals surface area (Å²) in [5.74, 6) is -0.645. The van der Waals surface area contributed by atoms with Crippen LogP contribution in [0.25, 0.3) is 0 Å². The van der Waals surface area contributed by atoms with Crippen molar-refractivity contribution < 1.29 is 14.3 Å². The summed E-state index contributed by atoms with van der Waals surface area (Å²) in [7, 11) is 0. The Bertz CT molecular complexity index is 1140. The fourth-order valence-corrected chi connectivity index (χ4v) is 3.80. The number of anilines is 2. The van der Waals surface area contributed by atoms with Crippen LogP contribution in [0.1, 0.15) is 27.7 Å². The average Bonchev–Trinajstić information content (AvgIpc) is 3.06. The number of hydrogen-bond acceptors (Lipinski definition) is 8. The molecule has 3 unspecified atom stereocenters. The Morgan fingerprint density at radius 3 is 2.88 bits per heavy atom. The van der Waals surface area contributed by atoms with Crippen LogP contribution >= 0.6 is 0 Å². The van der Waals surface area contributed by atoms with Crippen LogP contribution in [0.3, 0.4) is 0 Å². The Hall–Kier alpha value is -3.79. The minimum Gasteiger partial charge on any atom is -0.403 e. The van der Waals surface area contributed by atoms with Gasteiger partial charge in [-0.05, 0) is 51.5 Å². The second-order valence-corrected chi connectivity index (χ2v) is 8.44. The van der Waals surface area contributed by atoms with Gasteiger partial charge in [-0.25, -0.2) is 9.37 Å². The molecule has 0 fully saturated rings. The van der Waals surface area contributed by atoms with Gasteiger partial charge in [-0.15, -0.1) is 0 Å². The molecular formula is C24H30FN7O2. The van der Waals surface area contributed by atoms with E-state index in [9.17, 15) is 14.3 Å². The van der Waals surface area contributed by atoms with Gasteiger partial charge < -0.3 is 26.4 Å². The summed E-state index contributed by atoms with van der Waals surface area (Å²) in [4.78, 5) is 26.2. The number of nitrogens with zero attached hydrogens (tertiary/aromatic N) is 4. The Morgan fingerprint density at radius 2 is 2.24 bits per heavy atom. The van der Waals surface area contributed by atoms with E-state index in [1.165, 1.54) is 12.3 Å². The molecule has 34 heavy (non-hydrogen) atoms. The van der Waals surface area contributed by atoms with Gasteiger partial charge in [0.1, 0.15) is 0 Å². The maximum Gasteiger partial charge on any atom is 0.247 e. The molecule has 0 saturated heterocycles. The zero-order chi connectivity index (χ0) is 25.0. The number of fused-ring (bicyclic) bond motifs is 1. The van der Waals surface area contributed by atoms with E-state index in [0.29, 0.717) is 17.1 Å². The number of aliphatic hydroxyl groups excluding tert-OH is 1. The van der Waals surface area contributed by atoms with E-state index in [1.807, 2.05) is 32.2 Å². The second-order valence-electron chi connectivity index (χ2n) is 8.44. The molecule has 180 valence electrons. The number of aliphatic hydroxyl groups is 1. The van der Waals surface area contributed by atoms with Gasteiger partial charge in [0.25, 0.3) is 0 Å². The summed E-state index contributed by atoms with van der Waals surface area (Å²) in [5, 5.41) is 15.2. The maximum atomic E-state index is 14.9. The van der Waals surface area contributed by atoms with Crippen LogP contribution in [0.2, 0.25) is 0 Å². The molecule has 1 amide bonds. The highest BCUT2D eigenvalue weighted by Gasteiger charge is 2.44. The number of aromatic nitrogens is 2. The predicted molar refractivity (Wildman–Crippen MR) is 131 cm³/mol. The normalized spacial score (nSPS) is 23.1. The van der Waals surface area contributed by atoms with Crippen LogP contribution in [-0.4, -0.2) is 45.4 Å². The third kappa shape index (κ3) is 5.07. The quantitative estimate of drug-likeness (QED) is 0.342. The number of nitrogens with two attached hydrogens (primary N) is 1. The summed E-state index contributed by atoms with van der Waals surface area (Å²) in [6.45, 7) is 11.0. The van der Waals surface area contributed by atoms with Crippen LogP contribution in [0.4, 0.5) is 16.2 Å². The van der Waals surface area contributed by atoms with E-state index < -0.39 is 17.3 Å². The monoisotopic (exact) mass is 467 g/mol. The number of amides is 1. The molecule has 1 aliphatic carbocycles. The second kappa shape index (κ2) is 10.0. The molecule has 0 aromatic carbocycles. The highest BCUT2D eigenvalue weighted by molar-refractivity contribution is 6.00. The van der Waals surface area contributed by atoms with Crippen LogP contribution in [0.5, 0.6) is 0 Å². The largest absolute Gasteiger partial charge is 0.403 e. The Balaban J connectivity index is 1.88. The van der Waals surface area contributed by atoms with Crippen molar-refractivity contribution in [2.75, 3.05) is 16.8 Å². The van der Waals surface area contributed by atoms with Crippen molar-refractivity contribution in [3.05, 3.63) is 72.3 Å². The number of carbonyl (C=O) groups is 1. The fraction of sp³-hybridized carbons (Fsp3) is 0.333. The van der Waals surface area contributed by atoms with E-state index in [4.69, 9.17) is 5.73 Å². The van der Waals surface area contributed by atoms with Gasteiger partial charge in [0, 0.05) is 23.5 Å². The van der Waals surface area contributed by atoms with Crippen molar-refractivity contribution in [3.8, 4) is 0 Å². The van der Waals surface area contributed by atoms with Gasteiger partial charge in [0.15, 0.2) is 11.6 Å². The molecular weight excluding hydrogens is 437 g/mol. The van der Waals surface area contributed by atoms with Crippen LogP contribution in [0.15, 0.2) is 71.4 Å². The number of rotatable bonds is 8. The smallest absolute Gasteiger partial charge is 0.247 e. The first-order chi connectivity index (χ1) is 16.1. The van der Waals surface area contributed by atoms with Crippen molar-refractivity contribution in [1.82, 2.24) is 15.3 Å². The molecule has 0 bridgehead atoms. The highest BCUT2D eigenvalue weighted by atomic mass is 19.1. The zero-order valence-corrected chi connectivity index (χ0v) is 19.7. The van der Waals surface area contributed by atoms with Crippen molar-refractivity contribution in [2.24, 2.45) is 16.1 Å². The third-order valence-electron chi connectivity index (χ3n) is 5.83. The maximum absolute atomic E-state index is 14.9. The van der Waals surface area contributed by atoms with Gasteiger partial charge in [-0.1, -0.05) is 12.7 Å². The molecule has 0 saturated carbocycles. The van der Waals surface area contributed by atoms with Gasteiger partial charge in [-0.3, -0.25) is 9.79 Å². The molecule has 1 aliphatic heterocycles. The Morgan fingerprint density at radius 1 is 1.50 bits per heavy atom. The highest BCUT2D eigenvalue weighted by Crippen LogP contribution is 2.46. The van der Waals surface area contributed by atoms with Gasteiger partial charge >= 0.3 is 0 Å². The summed E-state index contributed by atoms with van der Waals surface area (Å²) in [5.41, 5.74) is 7.86. The van der Waals surface area contributed by atoms with Crippen molar-refractivity contribution in [3.63, 3.8) is 0 Å². The van der Waals surface area contributed by atoms with E-state index in [2.05, 4.69) is 32.2 Å². The molecule has 1 aromatic rings.